The molecular weight excluding hydrogens is 196 g/mol. The van der Waals surface area contributed by atoms with Gasteiger partial charge in [-0.25, -0.2) is 8.78 Å². The van der Waals surface area contributed by atoms with Gasteiger partial charge in [0.2, 0.25) is 0 Å². The first kappa shape index (κ1) is 12.1. The highest BCUT2D eigenvalue weighted by atomic mass is 19.1. The molecule has 0 saturated heterocycles. The van der Waals surface area contributed by atoms with E-state index < -0.39 is 11.6 Å². The fraction of sp³-hybridized carbons (Fsp3) is 0.500. The third-order valence-electron chi connectivity index (χ3n) is 2.85. The minimum Gasteiger partial charge on any atom is -0.327 e. The van der Waals surface area contributed by atoms with Gasteiger partial charge < -0.3 is 5.73 Å². The van der Waals surface area contributed by atoms with Gasteiger partial charge in [0.25, 0.3) is 0 Å². The molecule has 3 heteroatoms. The number of nitrogens with two attached hydrogens (primary N) is 1. The van der Waals surface area contributed by atoms with Crippen molar-refractivity contribution in [3.8, 4) is 0 Å². The zero-order chi connectivity index (χ0) is 11.4. The first-order valence-electron chi connectivity index (χ1n) is 5.24. The van der Waals surface area contributed by atoms with E-state index in [-0.39, 0.29) is 6.04 Å². The Bertz CT molecular complexity index is 325. The maximum Gasteiger partial charge on any atom is 0.129 e. The van der Waals surface area contributed by atoms with Crippen LogP contribution < -0.4 is 5.73 Å². The summed E-state index contributed by atoms with van der Waals surface area (Å²) in [5, 5.41) is 0. The molecule has 2 unspecified atom stereocenters. The van der Waals surface area contributed by atoms with E-state index in [9.17, 15) is 8.78 Å². The molecule has 0 aliphatic carbocycles. The lowest BCUT2D eigenvalue weighted by Crippen LogP contribution is -2.30. The summed E-state index contributed by atoms with van der Waals surface area (Å²) in [4.78, 5) is 0. The smallest absolute Gasteiger partial charge is 0.129 e. The molecule has 0 radical (unpaired) electrons. The first-order valence-corrected chi connectivity index (χ1v) is 5.24. The van der Waals surface area contributed by atoms with E-state index in [1.807, 2.05) is 13.8 Å². The van der Waals surface area contributed by atoms with Crippen LogP contribution in [0, 0.1) is 17.6 Å². The second-order valence-electron chi connectivity index (χ2n) is 3.99. The number of halogens is 2. The van der Waals surface area contributed by atoms with Crippen molar-refractivity contribution >= 4 is 0 Å². The van der Waals surface area contributed by atoms with E-state index in [0.717, 1.165) is 12.5 Å². The van der Waals surface area contributed by atoms with Crippen LogP contribution in [0.5, 0.6) is 0 Å². The zero-order valence-corrected chi connectivity index (χ0v) is 9.13. The summed E-state index contributed by atoms with van der Waals surface area (Å²) in [6, 6.07) is 3.56. The molecule has 0 aromatic heterocycles. The van der Waals surface area contributed by atoms with E-state index in [2.05, 4.69) is 0 Å². The number of rotatable bonds is 4. The Hall–Kier alpha value is -0.960. The molecule has 84 valence electrons. The van der Waals surface area contributed by atoms with Crippen LogP contribution in [0.1, 0.15) is 25.8 Å². The molecule has 1 nitrogen and oxygen atoms in total. The molecule has 0 amide bonds. The van der Waals surface area contributed by atoms with Crippen LogP contribution >= 0.6 is 0 Å². The van der Waals surface area contributed by atoms with E-state index in [4.69, 9.17) is 5.73 Å². The van der Waals surface area contributed by atoms with Crippen LogP contribution in [-0.4, -0.2) is 6.04 Å². The van der Waals surface area contributed by atoms with Crippen molar-refractivity contribution in [1.29, 1.82) is 0 Å². The summed E-state index contributed by atoms with van der Waals surface area (Å²) >= 11 is 0. The van der Waals surface area contributed by atoms with Gasteiger partial charge in [0.15, 0.2) is 0 Å². The average molecular weight is 213 g/mol. The van der Waals surface area contributed by atoms with Crippen molar-refractivity contribution < 1.29 is 8.78 Å². The van der Waals surface area contributed by atoms with E-state index >= 15 is 0 Å². The molecule has 2 atom stereocenters. The Morgan fingerprint density at radius 1 is 1.33 bits per heavy atom. The first-order chi connectivity index (χ1) is 7.04. The van der Waals surface area contributed by atoms with Crippen molar-refractivity contribution in [2.24, 2.45) is 11.7 Å². The average Bonchev–Trinajstić information content (AvgIpc) is 2.20. The van der Waals surface area contributed by atoms with Gasteiger partial charge in [0.05, 0.1) is 0 Å². The fourth-order valence-electron chi connectivity index (χ4n) is 1.45. The summed E-state index contributed by atoms with van der Waals surface area (Å²) < 4.78 is 25.9. The highest BCUT2D eigenvalue weighted by molar-refractivity contribution is 5.19. The Labute approximate surface area is 89.3 Å². The highest BCUT2D eigenvalue weighted by Gasteiger charge is 2.13. The molecule has 2 N–H and O–H groups in total. The summed E-state index contributed by atoms with van der Waals surface area (Å²) in [6.45, 7) is 4.08. The van der Waals surface area contributed by atoms with Crippen molar-refractivity contribution in [2.75, 3.05) is 0 Å². The van der Waals surface area contributed by atoms with Crippen LogP contribution in [0.4, 0.5) is 8.78 Å². The topological polar surface area (TPSA) is 26.0 Å². The Balaban J connectivity index is 2.72. The van der Waals surface area contributed by atoms with Crippen molar-refractivity contribution in [1.82, 2.24) is 0 Å². The predicted octanol–water partition coefficient (Wildman–Crippen LogP) is 2.88. The number of hydrogen-bond donors (Lipinski definition) is 1. The van der Waals surface area contributed by atoms with Crippen molar-refractivity contribution in [3.05, 3.63) is 35.4 Å². The van der Waals surface area contributed by atoms with E-state index in [1.165, 1.54) is 12.1 Å². The Kier molecular flexibility index (Phi) is 4.21. The maximum atomic E-state index is 13.3. The van der Waals surface area contributed by atoms with Gasteiger partial charge in [-0.3, -0.25) is 0 Å². The summed E-state index contributed by atoms with van der Waals surface area (Å²) in [7, 11) is 0. The normalized spacial score (nSPS) is 15.0. The molecule has 1 aromatic rings. The second-order valence-corrected chi connectivity index (χ2v) is 3.99. The molecule has 1 rings (SSSR count). The SMILES string of the molecule is CCC(C)C(N)Cc1ccc(F)cc1F. The molecule has 0 bridgehead atoms. The lowest BCUT2D eigenvalue weighted by molar-refractivity contribution is 0.433. The molecule has 15 heavy (non-hydrogen) atoms. The molecule has 0 heterocycles. The van der Waals surface area contributed by atoms with Gasteiger partial charge in [-0.1, -0.05) is 26.3 Å². The standard InChI is InChI=1S/C12H17F2N/c1-3-8(2)12(15)6-9-4-5-10(13)7-11(9)14/h4-5,7-8,12H,3,6,15H2,1-2H3. The fourth-order valence-corrected chi connectivity index (χ4v) is 1.45. The molecule has 0 aliphatic rings. The van der Waals surface area contributed by atoms with Crippen molar-refractivity contribution in [2.45, 2.75) is 32.7 Å². The van der Waals surface area contributed by atoms with Gasteiger partial charge in [-0.2, -0.15) is 0 Å². The summed E-state index contributed by atoms with van der Waals surface area (Å²) in [5.41, 5.74) is 6.40. The molecular formula is C12H17F2N. The minimum atomic E-state index is -0.548. The largest absolute Gasteiger partial charge is 0.327 e. The predicted molar refractivity (Wildman–Crippen MR) is 57.5 cm³/mol. The van der Waals surface area contributed by atoms with Crippen LogP contribution in [0.3, 0.4) is 0 Å². The zero-order valence-electron chi connectivity index (χ0n) is 9.13. The van der Waals surface area contributed by atoms with Gasteiger partial charge in [0, 0.05) is 12.1 Å². The van der Waals surface area contributed by atoms with E-state index in [1.54, 1.807) is 0 Å². The highest BCUT2D eigenvalue weighted by Crippen LogP contribution is 2.15. The van der Waals surface area contributed by atoms with Gasteiger partial charge in [-0.15, -0.1) is 0 Å². The molecule has 1 aromatic carbocycles. The molecule has 0 saturated carbocycles. The van der Waals surface area contributed by atoms with Gasteiger partial charge in [-0.05, 0) is 24.0 Å². The molecule has 0 spiro atoms. The molecule has 0 fully saturated rings. The van der Waals surface area contributed by atoms with Crippen LogP contribution in [-0.2, 0) is 6.42 Å². The third kappa shape index (κ3) is 3.27. The maximum absolute atomic E-state index is 13.3. The Morgan fingerprint density at radius 3 is 2.53 bits per heavy atom. The number of hydrogen-bond acceptors (Lipinski definition) is 1. The third-order valence-corrected chi connectivity index (χ3v) is 2.85. The van der Waals surface area contributed by atoms with Crippen LogP contribution in [0.25, 0.3) is 0 Å². The minimum absolute atomic E-state index is 0.0741. The quantitative estimate of drug-likeness (QED) is 0.817. The second kappa shape index (κ2) is 5.21. The summed E-state index contributed by atoms with van der Waals surface area (Å²) in [6.07, 6.45) is 1.42. The van der Waals surface area contributed by atoms with Crippen LogP contribution in [0.15, 0.2) is 18.2 Å². The van der Waals surface area contributed by atoms with Gasteiger partial charge >= 0.3 is 0 Å². The van der Waals surface area contributed by atoms with Gasteiger partial charge in [0.1, 0.15) is 11.6 Å². The van der Waals surface area contributed by atoms with Crippen molar-refractivity contribution in [3.63, 3.8) is 0 Å². The Morgan fingerprint density at radius 2 is 2.00 bits per heavy atom. The lowest BCUT2D eigenvalue weighted by Gasteiger charge is -2.18. The summed E-state index contributed by atoms with van der Waals surface area (Å²) in [5.74, 6) is -0.712. The van der Waals surface area contributed by atoms with Crippen LogP contribution in [0.2, 0.25) is 0 Å². The number of benzene rings is 1. The van der Waals surface area contributed by atoms with E-state index in [0.29, 0.717) is 17.9 Å². The lowest BCUT2D eigenvalue weighted by atomic mass is 9.94. The monoisotopic (exact) mass is 213 g/mol. The molecule has 0 aliphatic heterocycles.